The van der Waals surface area contributed by atoms with Crippen LogP contribution in [0.3, 0.4) is 0 Å². The third kappa shape index (κ3) is 2.89. The van der Waals surface area contributed by atoms with Crippen LogP contribution in [0, 0.1) is 13.8 Å². The van der Waals surface area contributed by atoms with Crippen molar-refractivity contribution in [2.75, 3.05) is 4.90 Å². The number of rotatable bonds is 3. The summed E-state index contributed by atoms with van der Waals surface area (Å²) in [6, 6.07) is 10.8. The molecule has 0 aromatic heterocycles. The Bertz CT molecular complexity index is 832. The number of fused-ring (bicyclic) bond motifs is 1. The Balaban J connectivity index is 2.07. The number of carbonyl (C=O) groups excluding carboxylic acids is 2. The van der Waals surface area contributed by atoms with Gasteiger partial charge in [-0.3, -0.25) is 9.59 Å². The molecule has 0 fully saturated rings. The molecule has 124 valence electrons. The summed E-state index contributed by atoms with van der Waals surface area (Å²) in [7, 11) is 0. The maximum absolute atomic E-state index is 12.9. The highest BCUT2D eigenvalue weighted by Gasteiger charge is 2.39. The lowest BCUT2D eigenvalue weighted by Gasteiger charge is -2.20. The van der Waals surface area contributed by atoms with E-state index in [1.165, 1.54) is 6.92 Å². The first kappa shape index (κ1) is 16.5. The Morgan fingerprint density at radius 2 is 1.96 bits per heavy atom. The predicted molar refractivity (Wildman–Crippen MR) is 95.1 cm³/mol. The maximum atomic E-state index is 12.9. The maximum Gasteiger partial charge on any atom is 0.254 e. The molecule has 0 spiro atoms. The third-order valence-electron chi connectivity index (χ3n) is 4.20. The average Bonchev–Trinajstić information content (AvgIpc) is 2.75. The SMILES string of the molecule is CC(=O)NC1C(=O)N(Cc2ccccc2Cl)c2c(C)cc(C)cc21. The molecule has 24 heavy (non-hydrogen) atoms. The van der Waals surface area contributed by atoms with Gasteiger partial charge in [0.15, 0.2) is 0 Å². The van der Waals surface area contributed by atoms with Crippen LogP contribution in [0.2, 0.25) is 5.02 Å². The molecule has 1 aliphatic rings. The molecular formula is C19H19ClN2O2. The van der Waals surface area contributed by atoms with E-state index < -0.39 is 6.04 Å². The van der Waals surface area contributed by atoms with Crippen LogP contribution in [-0.4, -0.2) is 11.8 Å². The lowest BCUT2D eigenvalue weighted by molar-refractivity contribution is -0.126. The molecule has 2 amide bonds. The Hall–Kier alpha value is -2.33. The lowest BCUT2D eigenvalue weighted by atomic mass is 10.0. The van der Waals surface area contributed by atoms with E-state index in [-0.39, 0.29) is 11.8 Å². The second-order valence-electron chi connectivity index (χ2n) is 6.17. The van der Waals surface area contributed by atoms with Crippen LogP contribution in [0.1, 0.15) is 35.2 Å². The molecule has 0 aliphatic carbocycles. The number of nitrogens with one attached hydrogen (secondary N) is 1. The van der Waals surface area contributed by atoms with Gasteiger partial charge in [0.2, 0.25) is 5.91 Å². The van der Waals surface area contributed by atoms with Crippen molar-refractivity contribution >= 4 is 29.1 Å². The van der Waals surface area contributed by atoms with Crippen LogP contribution in [0.15, 0.2) is 36.4 Å². The fourth-order valence-corrected chi connectivity index (χ4v) is 3.47. The van der Waals surface area contributed by atoms with E-state index in [1.807, 2.05) is 50.2 Å². The Morgan fingerprint density at radius 3 is 2.62 bits per heavy atom. The quantitative estimate of drug-likeness (QED) is 0.925. The van der Waals surface area contributed by atoms with E-state index in [0.29, 0.717) is 11.6 Å². The van der Waals surface area contributed by atoms with Crippen molar-refractivity contribution in [3.8, 4) is 0 Å². The number of benzene rings is 2. The number of amides is 2. The van der Waals surface area contributed by atoms with Crippen LogP contribution >= 0.6 is 11.6 Å². The summed E-state index contributed by atoms with van der Waals surface area (Å²) in [5.74, 6) is -0.355. The molecule has 0 saturated heterocycles. The van der Waals surface area contributed by atoms with Crippen molar-refractivity contribution < 1.29 is 9.59 Å². The molecule has 1 N–H and O–H groups in total. The Labute approximate surface area is 146 Å². The normalized spacial score (nSPS) is 16.2. The van der Waals surface area contributed by atoms with Crippen molar-refractivity contribution in [1.29, 1.82) is 0 Å². The van der Waals surface area contributed by atoms with Crippen LogP contribution in [0.4, 0.5) is 5.69 Å². The molecule has 2 aromatic carbocycles. The van der Waals surface area contributed by atoms with Gasteiger partial charge in [-0.15, -0.1) is 0 Å². The summed E-state index contributed by atoms with van der Waals surface area (Å²) in [5, 5.41) is 3.39. The van der Waals surface area contributed by atoms with Gasteiger partial charge in [-0.2, -0.15) is 0 Å². The van der Waals surface area contributed by atoms with Crippen molar-refractivity contribution in [3.05, 3.63) is 63.7 Å². The minimum Gasteiger partial charge on any atom is -0.341 e. The summed E-state index contributed by atoms with van der Waals surface area (Å²) < 4.78 is 0. The van der Waals surface area contributed by atoms with Crippen LogP contribution in [-0.2, 0) is 16.1 Å². The first-order valence-corrected chi connectivity index (χ1v) is 8.19. The number of nitrogens with zero attached hydrogens (tertiary/aromatic N) is 1. The highest BCUT2D eigenvalue weighted by molar-refractivity contribution is 6.31. The Kier molecular flexibility index (Phi) is 4.33. The van der Waals surface area contributed by atoms with Gasteiger partial charge in [0.1, 0.15) is 6.04 Å². The second-order valence-corrected chi connectivity index (χ2v) is 6.58. The monoisotopic (exact) mass is 342 g/mol. The van der Waals surface area contributed by atoms with Crippen LogP contribution in [0.25, 0.3) is 0 Å². The molecule has 2 aromatic rings. The second kappa shape index (κ2) is 6.29. The number of halogens is 1. The minimum absolute atomic E-state index is 0.131. The zero-order valence-corrected chi connectivity index (χ0v) is 14.6. The van der Waals surface area contributed by atoms with Gasteiger partial charge in [0.05, 0.1) is 12.2 Å². The highest BCUT2D eigenvalue weighted by atomic mass is 35.5. The molecule has 5 heteroatoms. The Morgan fingerprint density at radius 1 is 1.25 bits per heavy atom. The van der Waals surface area contributed by atoms with Crippen LogP contribution in [0.5, 0.6) is 0 Å². The summed E-state index contributed by atoms with van der Waals surface area (Å²) in [6.45, 7) is 5.77. The predicted octanol–water partition coefficient (Wildman–Crippen LogP) is 3.68. The van der Waals surface area contributed by atoms with Gasteiger partial charge < -0.3 is 10.2 Å². The fraction of sp³-hybridized carbons (Fsp3) is 0.263. The molecule has 0 radical (unpaired) electrons. The average molecular weight is 343 g/mol. The van der Waals surface area contributed by atoms with E-state index in [4.69, 9.17) is 11.6 Å². The summed E-state index contributed by atoms with van der Waals surface area (Å²) in [4.78, 5) is 26.2. The third-order valence-corrected chi connectivity index (χ3v) is 4.57. The largest absolute Gasteiger partial charge is 0.341 e. The zero-order valence-electron chi connectivity index (χ0n) is 13.9. The first-order chi connectivity index (χ1) is 11.4. The van der Waals surface area contributed by atoms with Gasteiger partial charge in [-0.25, -0.2) is 0 Å². The van der Waals surface area contributed by atoms with Crippen molar-refractivity contribution in [1.82, 2.24) is 5.32 Å². The molecule has 0 saturated carbocycles. The smallest absolute Gasteiger partial charge is 0.254 e. The van der Waals surface area contributed by atoms with E-state index in [9.17, 15) is 9.59 Å². The van der Waals surface area contributed by atoms with E-state index >= 15 is 0 Å². The van der Waals surface area contributed by atoms with Gasteiger partial charge in [-0.1, -0.05) is 47.5 Å². The molecule has 1 atom stereocenters. The number of hydrogen-bond acceptors (Lipinski definition) is 2. The molecule has 4 nitrogen and oxygen atoms in total. The minimum atomic E-state index is -0.640. The van der Waals surface area contributed by atoms with Gasteiger partial charge in [-0.05, 0) is 31.0 Å². The molecular weight excluding hydrogens is 324 g/mol. The molecule has 1 heterocycles. The fourth-order valence-electron chi connectivity index (χ4n) is 3.28. The summed E-state index contributed by atoms with van der Waals surface area (Å²) >= 11 is 6.26. The molecule has 1 unspecified atom stereocenters. The molecule has 3 rings (SSSR count). The lowest BCUT2D eigenvalue weighted by Crippen LogP contribution is -2.36. The van der Waals surface area contributed by atoms with Crippen LogP contribution < -0.4 is 10.2 Å². The number of hydrogen-bond donors (Lipinski definition) is 1. The molecule has 1 aliphatic heterocycles. The van der Waals surface area contributed by atoms with Gasteiger partial charge in [0, 0.05) is 17.5 Å². The number of aryl methyl sites for hydroxylation is 2. The first-order valence-electron chi connectivity index (χ1n) is 7.81. The topological polar surface area (TPSA) is 49.4 Å². The van der Waals surface area contributed by atoms with Crippen molar-refractivity contribution in [2.45, 2.75) is 33.4 Å². The van der Waals surface area contributed by atoms with E-state index in [2.05, 4.69) is 5.32 Å². The highest BCUT2D eigenvalue weighted by Crippen LogP contribution is 2.40. The van der Waals surface area contributed by atoms with E-state index in [1.54, 1.807) is 4.90 Å². The standard InChI is InChI=1S/C19H19ClN2O2/c1-11-8-12(2)18-15(9-11)17(21-13(3)23)19(24)22(18)10-14-6-4-5-7-16(14)20/h4-9,17H,10H2,1-3H3,(H,21,23). The summed E-state index contributed by atoms with van der Waals surface area (Å²) in [5.41, 5.74) is 4.66. The molecule has 0 bridgehead atoms. The number of anilines is 1. The van der Waals surface area contributed by atoms with E-state index in [0.717, 1.165) is 27.9 Å². The number of carbonyl (C=O) groups is 2. The van der Waals surface area contributed by atoms with Gasteiger partial charge >= 0.3 is 0 Å². The zero-order chi connectivity index (χ0) is 17.4. The van der Waals surface area contributed by atoms with Crippen molar-refractivity contribution in [3.63, 3.8) is 0 Å². The van der Waals surface area contributed by atoms with Crippen molar-refractivity contribution in [2.24, 2.45) is 0 Å². The van der Waals surface area contributed by atoms with Gasteiger partial charge in [0.25, 0.3) is 5.91 Å². The summed E-state index contributed by atoms with van der Waals surface area (Å²) in [6.07, 6.45) is 0.